The van der Waals surface area contributed by atoms with Crippen molar-refractivity contribution in [1.29, 1.82) is 0 Å². The molecule has 3 heteroatoms. The number of fused-ring (bicyclic) bond motifs is 1. The van der Waals surface area contributed by atoms with Crippen molar-refractivity contribution in [2.75, 3.05) is 7.11 Å². The summed E-state index contributed by atoms with van der Waals surface area (Å²) in [6.45, 7) is 4.07. The Morgan fingerprint density at radius 3 is 2.87 bits per heavy atom. The molecule has 1 aliphatic heterocycles. The Morgan fingerprint density at radius 1 is 1.47 bits per heavy atom. The highest BCUT2D eigenvalue weighted by Gasteiger charge is 2.30. The molecule has 3 nitrogen and oxygen atoms in total. The van der Waals surface area contributed by atoms with Gasteiger partial charge in [-0.15, -0.1) is 0 Å². The van der Waals surface area contributed by atoms with Gasteiger partial charge in [0.25, 0.3) is 0 Å². The van der Waals surface area contributed by atoms with Crippen molar-refractivity contribution in [2.45, 2.75) is 25.9 Å². The van der Waals surface area contributed by atoms with Crippen molar-refractivity contribution in [3.05, 3.63) is 29.3 Å². The van der Waals surface area contributed by atoms with Crippen LogP contribution in [0.4, 0.5) is 0 Å². The molecule has 0 fully saturated rings. The highest BCUT2D eigenvalue weighted by molar-refractivity contribution is 5.90. The Labute approximate surface area is 89.0 Å². The number of ether oxygens (including phenoxy) is 2. The third kappa shape index (κ3) is 1.82. The number of rotatable bonds is 1. The van der Waals surface area contributed by atoms with E-state index < -0.39 is 0 Å². The normalized spacial score (nSPS) is 16.7. The Bertz CT molecular complexity index is 407. The fourth-order valence-corrected chi connectivity index (χ4v) is 1.83. The molecule has 2 rings (SSSR count). The number of methoxy groups -OCH3 is 1. The Hall–Kier alpha value is -1.51. The zero-order valence-corrected chi connectivity index (χ0v) is 9.16. The highest BCUT2D eigenvalue weighted by Crippen LogP contribution is 2.35. The summed E-state index contributed by atoms with van der Waals surface area (Å²) in [6, 6.07) is 5.45. The van der Waals surface area contributed by atoms with Crippen molar-refractivity contribution in [3.8, 4) is 5.75 Å². The maximum Gasteiger partial charge on any atom is 0.337 e. The van der Waals surface area contributed by atoms with Crippen LogP contribution in [0.2, 0.25) is 0 Å². The van der Waals surface area contributed by atoms with E-state index in [4.69, 9.17) is 4.74 Å². The first-order chi connectivity index (χ1) is 7.02. The van der Waals surface area contributed by atoms with E-state index in [0.717, 1.165) is 17.7 Å². The SMILES string of the molecule is COC(=O)c1ccc2c(c1)OC(C)(C)C2. The smallest absolute Gasteiger partial charge is 0.337 e. The van der Waals surface area contributed by atoms with Gasteiger partial charge in [0.2, 0.25) is 0 Å². The van der Waals surface area contributed by atoms with E-state index in [2.05, 4.69) is 4.74 Å². The molecule has 0 bridgehead atoms. The third-order valence-electron chi connectivity index (χ3n) is 2.49. The minimum absolute atomic E-state index is 0.170. The Kier molecular flexibility index (Phi) is 2.18. The minimum atomic E-state index is -0.328. The molecule has 0 saturated carbocycles. The molecule has 1 aromatic carbocycles. The van der Waals surface area contributed by atoms with Crippen LogP contribution in [0.3, 0.4) is 0 Å². The fourth-order valence-electron chi connectivity index (χ4n) is 1.83. The molecule has 0 aromatic heterocycles. The summed E-state index contributed by atoms with van der Waals surface area (Å²) in [7, 11) is 1.38. The number of esters is 1. The molecule has 0 radical (unpaired) electrons. The summed E-state index contributed by atoms with van der Waals surface area (Å²) in [4.78, 5) is 11.3. The third-order valence-corrected chi connectivity index (χ3v) is 2.49. The Balaban J connectivity index is 2.34. The molecule has 0 spiro atoms. The average Bonchev–Trinajstić information content (AvgIpc) is 2.49. The van der Waals surface area contributed by atoms with E-state index in [9.17, 15) is 4.79 Å². The first-order valence-electron chi connectivity index (χ1n) is 4.92. The van der Waals surface area contributed by atoms with E-state index >= 15 is 0 Å². The van der Waals surface area contributed by atoms with Gasteiger partial charge in [-0.05, 0) is 31.5 Å². The van der Waals surface area contributed by atoms with Crippen LogP contribution >= 0.6 is 0 Å². The zero-order valence-electron chi connectivity index (χ0n) is 9.16. The van der Waals surface area contributed by atoms with Crippen LogP contribution in [-0.2, 0) is 11.2 Å². The monoisotopic (exact) mass is 206 g/mol. The molecule has 0 saturated heterocycles. The summed E-state index contributed by atoms with van der Waals surface area (Å²) in [6.07, 6.45) is 0.879. The quantitative estimate of drug-likeness (QED) is 0.661. The molecular formula is C12H14O3. The maximum absolute atomic E-state index is 11.3. The van der Waals surface area contributed by atoms with Crippen LogP contribution in [0.25, 0.3) is 0 Å². The first kappa shape index (κ1) is 10.0. The second-order valence-corrected chi connectivity index (χ2v) is 4.35. The van der Waals surface area contributed by atoms with E-state index in [0.29, 0.717) is 5.56 Å². The average molecular weight is 206 g/mol. The second kappa shape index (κ2) is 3.26. The van der Waals surface area contributed by atoms with Crippen LogP contribution in [0.1, 0.15) is 29.8 Å². The van der Waals surface area contributed by atoms with Crippen molar-refractivity contribution in [3.63, 3.8) is 0 Å². The lowest BCUT2D eigenvalue weighted by Gasteiger charge is -2.16. The van der Waals surface area contributed by atoms with Gasteiger partial charge in [-0.3, -0.25) is 0 Å². The topological polar surface area (TPSA) is 35.5 Å². The van der Waals surface area contributed by atoms with Gasteiger partial charge < -0.3 is 9.47 Å². The largest absolute Gasteiger partial charge is 0.487 e. The number of hydrogen-bond acceptors (Lipinski definition) is 3. The van der Waals surface area contributed by atoms with Gasteiger partial charge in [-0.1, -0.05) is 6.07 Å². The number of carbonyl (C=O) groups excluding carboxylic acids is 1. The van der Waals surface area contributed by atoms with Gasteiger partial charge in [0.15, 0.2) is 0 Å². The lowest BCUT2D eigenvalue weighted by atomic mass is 10.0. The van der Waals surface area contributed by atoms with Gasteiger partial charge in [0, 0.05) is 6.42 Å². The van der Waals surface area contributed by atoms with E-state index in [-0.39, 0.29) is 11.6 Å². The summed E-state index contributed by atoms with van der Waals surface area (Å²) in [5.74, 6) is 0.467. The summed E-state index contributed by atoms with van der Waals surface area (Å²) < 4.78 is 10.4. The van der Waals surface area contributed by atoms with Crippen LogP contribution in [0.5, 0.6) is 5.75 Å². The Morgan fingerprint density at radius 2 is 2.20 bits per heavy atom. The van der Waals surface area contributed by atoms with Crippen molar-refractivity contribution in [1.82, 2.24) is 0 Å². The molecule has 1 heterocycles. The summed E-state index contributed by atoms with van der Waals surface area (Å²) in [5, 5.41) is 0. The van der Waals surface area contributed by atoms with E-state index in [1.165, 1.54) is 7.11 Å². The predicted octanol–water partition coefficient (Wildman–Crippen LogP) is 2.19. The van der Waals surface area contributed by atoms with Crippen LogP contribution < -0.4 is 4.74 Å². The zero-order chi connectivity index (χ0) is 11.1. The van der Waals surface area contributed by atoms with Crippen LogP contribution in [-0.4, -0.2) is 18.7 Å². The molecule has 80 valence electrons. The molecule has 1 aliphatic rings. The van der Waals surface area contributed by atoms with Crippen LogP contribution in [0, 0.1) is 0 Å². The molecular weight excluding hydrogens is 192 g/mol. The van der Waals surface area contributed by atoms with Crippen molar-refractivity contribution >= 4 is 5.97 Å². The van der Waals surface area contributed by atoms with Crippen LogP contribution in [0.15, 0.2) is 18.2 Å². The molecule has 0 atom stereocenters. The predicted molar refractivity (Wildman–Crippen MR) is 56.2 cm³/mol. The van der Waals surface area contributed by atoms with E-state index in [1.54, 1.807) is 12.1 Å². The number of hydrogen-bond donors (Lipinski definition) is 0. The minimum Gasteiger partial charge on any atom is -0.487 e. The molecule has 0 N–H and O–H groups in total. The maximum atomic E-state index is 11.3. The molecule has 0 aliphatic carbocycles. The molecule has 1 aromatic rings. The van der Waals surface area contributed by atoms with E-state index in [1.807, 2.05) is 19.9 Å². The van der Waals surface area contributed by atoms with Gasteiger partial charge >= 0.3 is 5.97 Å². The molecule has 0 amide bonds. The lowest BCUT2D eigenvalue weighted by molar-refractivity contribution is 0.0599. The number of carbonyl (C=O) groups is 1. The first-order valence-corrected chi connectivity index (χ1v) is 4.92. The molecule has 0 unspecified atom stereocenters. The van der Waals surface area contributed by atoms with Gasteiger partial charge in [-0.2, -0.15) is 0 Å². The summed E-state index contributed by atoms with van der Waals surface area (Å²) >= 11 is 0. The van der Waals surface area contributed by atoms with Gasteiger partial charge in [0.1, 0.15) is 11.4 Å². The van der Waals surface area contributed by atoms with Crippen molar-refractivity contribution < 1.29 is 14.3 Å². The second-order valence-electron chi connectivity index (χ2n) is 4.35. The fraction of sp³-hybridized carbons (Fsp3) is 0.417. The molecule has 15 heavy (non-hydrogen) atoms. The lowest BCUT2D eigenvalue weighted by Crippen LogP contribution is -2.24. The highest BCUT2D eigenvalue weighted by atomic mass is 16.5. The standard InChI is InChI=1S/C12H14O3/c1-12(2)7-9-5-4-8(11(13)14-3)6-10(9)15-12/h4-6H,7H2,1-3H3. The van der Waals surface area contributed by atoms with Gasteiger partial charge in [0.05, 0.1) is 12.7 Å². The number of benzene rings is 1. The van der Waals surface area contributed by atoms with Crippen molar-refractivity contribution in [2.24, 2.45) is 0 Å². The summed E-state index contributed by atoms with van der Waals surface area (Å²) in [5.41, 5.74) is 1.51. The van der Waals surface area contributed by atoms with Gasteiger partial charge in [-0.25, -0.2) is 4.79 Å².